The molecule has 116 valence electrons. The van der Waals surface area contributed by atoms with Gasteiger partial charge in [-0.25, -0.2) is 4.79 Å². The number of carbonyl (C=O) groups excluding carboxylic acids is 2. The van der Waals surface area contributed by atoms with Gasteiger partial charge in [0.1, 0.15) is 6.04 Å². The third kappa shape index (κ3) is 4.30. The highest BCUT2D eigenvalue weighted by Crippen LogP contribution is 2.09. The van der Waals surface area contributed by atoms with E-state index in [9.17, 15) is 14.4 Å². The Bertz CT molecular complexity index is 533. The molecule has 8 heteroatoms. The molecule has 0 aromatic carbocycles. The molecular formula is C13H20N4O4. The van der Waals surface area contributed by atoms with Crippen LogP contribution in [-0.4, -0.2) is 56.7 Å². The maximum atomic E-state index is 12.4. The Morgan fingerprint density at radius 2 is 2.10 bits per heavy atom. The second kappa shape index (κ2) is 6.87. The summed E-state index contributed by atoms with van der Waals surface area (Å²) in [6.07, 6.45) is 0. The molecule has 0 spiro atoms. The molecular weight excluding hydrogens is 276 g/mol. The van der Waals surface area contributed by atoms with Gasteiger partial charge in [-0.3, -0.25) is 14.3 Å². The normalized spacial score (nSPS) is 11.8. The first-order chi connectivity index (χ1) is 9.73. The molecule has 0 saturated heterocycles. The van der Waals surface area contributed by atoms with Crippen molar-refractivity contribution in [3.05, 3.63) is 17.5 Å². The molecule has 1 rings (SSSR count). The Morgan fingerprint density at radius 3 is 2.52 bits per heavy atom. The van der Waals surface area contributed by atoms with E-state index in [4.69, 9.17) is 5.11 Å². The van der Waals surface area contributed by atoms with Crippen molar-refractivity contribution in [3.8, 4) is 0 Å². The number of hydrogen-bond donors (Lipinski definition) is 2. The zero-order chi connectivity index (χ0) is 16.2. The van der Waals surface area contributed by atoms with Gasteiger partial charge >= 0.3 is 5.97 Å². The highest BCUT2D eigenvalue weighted by molar-refractivity contribution is 5.95. The average Bonchev–Trinajstić information content (AvgIpc) is 2.73. The van der Waals surface area contributed by atoms with Crippen LogP contribution in [0.2, 0.25) is 0 Å². The number of rotatable bonds is 6. The molecule has 0 aliphatic rings. The predicted molar refractivity (Wildman–Crippen MR) is 74.8 cm³/mol. The lowest BCUT2D eigenvalue weighted by Gasteiger charge is -2.25. The van der Waals surface area contributed by atoms with Crippen molar-refractivity contribution < 1.29 is 19.5 Å². The van der Waals surface area contributed by atoms with Crippen molar-refractivity contribution >= 4 is 17.8 Å². The summed E-state index contributed by atoms with van der Waals surface area (Å²) >= 11 is 0. The molecule has 0 fully saturated rings. The number of nitrogens with zero attached hydrogens (tertiary/aromatic N) is 3. The summed E-state index contributed by atoms with van der Waals surface area (Å²) in [6.45, 7) is 4.86. The van der Waals surface area contributed by atoms with Crippen molar-refractivity contribution in [1.82, 2.24) is 20.0 Å². The van der Waals surface area contributed by atoms with Gasteiger partial charge in [0.2, 0.25) is 5.91 Å². The molecule has 21 heavy (non-hydrogen) atoms. The molecule has 1 aromatic heterocycles. The van der Waals surface area contributed by atoms with E-state index in [0.717, 1.165) is 5.69 Å². The Morgan fingerprint density at radius 1 is 1.48 bits per heavy atom. The summed E-state index contributed by atoms with van der Waals surface area (Å²) < 4.78 is 1.55. The number of hydrogen-bond acceptors (Lipinski definition) is 4. The molecule has 0 radical (unpaired) electrons. The lowest BCUT2D eigenvalue weighted by Crippen LogP contribution is -2.46. The van der Waals surface area contributed by atoms with E-state index in [1.807, 2.05) is 0 Å². The zero-order valence-corrected chi connectivity index (χ0v) is 12.6. The number of carboxylic acid groups (broad SMARTS) is 1. The Kier molecular flexibility index (Phi) is 5.45. The van der Waals surface area contributed by atoms with Crippen LogP contribution in [-0.2, 0) is 16.6 Å². The molecule has 1 aromatic rings. The molecule has 2 amide bonds. The van der Waals surface area contributed by atoms with Crippen LogP contribution in [0.15, 0.2) is 6.07 Å². The molecule has 2 N–H and O–H groups in total. The van der Waals surface area contributed by atoms with Crippen LogP contribution >= 0.6 is 0 Å². The fourth-order valence-corrected chi connectivity index (χ4v) is 1.77. The molecule has 1 heterocycles. The van der Waals surface area contributed by atoms with E-state index in [1.165, 1.54) is 18.7 Å². The standard InChI is InChI=1S/C13H20N4O4/c1-8-7-11(15-16(8)4)12(19)17(9(2)13(20)21)6-5-14-10(3)18/h7,9H,5-6H2,1-4H3,(H,14,18)(H,20,21). The van der Waals surface area contributed by atoms with E-state index in [1.54, 1.807) is 24.7 Å². The molecule has 0 aliphatic heterocycles. The minimum absolute atomic E-state index is 0.0987. The van der Waals surface area contributed by atoms with E-state index in [2.05, 4.69) is 10.4 Å². The number of aromatic nitrogens is 2. The first kappa shape index (κ1) is 16.7. The fraction of sp³-hybridized carbons (Fsp3) is 0.538. The second-order valence-electron chi connectivity index (χ2n) is 4.79. The van der Waals surface area contributed by atoms with Crippen LogP contribution in [0.5, 0.6) is 0 Å². The molecule has 0 bridgehead atoms. The van der Waals surface area contributed by atoms with Gasteiger partial charge < -0.3 is 15.3 Å². The SMILES string of the molecule is CC(=O)NCCN(C(=O)c1cc(C)n(C)n1)C(C)C(=O)O. The van der Waals surface area contributed by atoms with E-state index in [-0.39, 0.29) is 24.7 Å². The summed E-state index contributed by atoms with van der Waals surface area (Å²) in [6, 6.07) is 0.594. The minimum atomic E-state index is -1.11. The maximum Gasteiger partial charge on any atom is 0.326 e. The first-order valence-electron chi connectivity index (χ1n) is 6.53. The summed E-state index contributed by atoms with van der Waals surface area (Å²) in [7, 11) is 1.70. The smallest absolute Gasteiger partial charge is 0.326 e. The minimum Gasteiger partial charge on any atom is -0.480 e. The van der Waals surface area contributed by atoms with Gasteiger partial charge in [0.15, 0.2) is 5.69 Å². The highest BCUT2D eigenvalue weighted by atomic mass is 16.4. The van der Waals surface area contributed by atoms with Crippen LogP contribution in [0.4, 0.5) is 0 Å². The van der Waals surface area contributed by atoms with Crippen molar-refractivity contribution in [3.63, 3.8) is 0 Å². The average molecular weight is 296 g/mol. The third-order valence-corrected chi connectivity index (χ3v) is 3.15. The Balaban J connectivity index is 2.91. The van der Waals surface area contributed by atoms with E-state index in [0.29, 0.717) is 0 Å². The topological polar surface area (TPSA) is 105 Å². The summed E-state index contributed by atoms with van der Waals surface area (Å²) in [5, 5.41) is 15.7. The van der Waals surface area contributed by atoms with E-state index >= 15 is 0 Å². The van der Waals surface area contributed by atoms with Gasteiger partial charge in [-0.05, 0) is 19.9 Å². The lowest BCUT2D eigenvalue weighted by atomic mass is 10.2. The highest BCUT2D eigenvalue weighted by Gasteiger charge is 2.27. The fourth-order valence-electron chi connectivity index (χ4n) is 1.77. The Labute approximate surface area is 122 Å². The van der Waals surface area contributed by atoms with Crippen LogP contribution in [0.1, 0.15) is 30.0 Å². The number of aryl methyl sites for hydroxylation is 2. The zero-order valence-electron chi connectivity index (χ0n) is 12.6. The number of amides is 2. The summed E-state index contributed by atoms with van der Waals surface area (Å²) in [5.74, 6) is -1.82. The predicted octanol–water partition coefficient (Wildman–Crippen LogP) is -0.220. The molecule has 1 unspecified atom stereocenters. The van der Waals surface area contributed by atoms with Crippen molar-refractivity contribution in [2.75, 3.05) is 13.1 Å². The quantitative estimate of drug-likeness (QED) is 0.755. The largest absolute Gasteiger partial charge is 0.480 e. The van der Waals surface area contributed by atoms with Crippen molar-refractivity contribution in [2.45, 2.75) is 26.8 Å². The molecule has 0 aliphatic carbocycles. The number of carboxylic acids is 1. The second-order valence-corrected chi connectivity index (χ2v) is 4.79. The van der Waals surface area contributed by atoms with Gasteiger partial charge in [0.05, 0.1) is 0 Å². The van der Waals surface area contributed by atoms with Gasteiger partial charge in [0, 0.05) is 32.8 Å². The number of carbonyl (C=O) groups is 3. The van der Waals surface area contributed by atoms with E-state index < -0.39 is 17.9 Å². The lowest BCUT2D eigenvalue weighted by molar-refractivity contribution is -0.141. The summed E-state index contributed by atoms with van der Waals surface area (Å²) in [5.41, 5.74) is 0.981. The Hall–Kier alpha value is -2.38. The summed E-state index contributed by atoms with van der Waals surface area (Å²) in [4.78, 5) is 35.6. The monoisotopic (exact) mass is 296 g/mol. The van der Waals surface area contributed by atoms with Gasteiger partial charge in [0.25, 0.3) is 5.91 Å². The van der Waals surface area contributed by atoms with Crippen LogP contribution in [0.3, 0.4) is 0 Å². The van der Waals surface area contributed by atoms with Gasteiger partial charge in [-0.15, -0.1) is 0 Å². The first-order valence-corrected chi connectivity index (χ1v) is 6.53. The van der Waals surface area contributed by atoms with Gasteiger partial charge in [-0.2, -0.15) is 5.10 Å². The van der Waals surface area contributed by atoms with Crippen molar-refractivity contribution in [2.24, 2.45) is 7.05 Å². The number of nitrogens with one attached hydrogen (secondary N) is 1. The van der Waals surface area contributed by atoms with Crippen LogP contribution < -0.4 is 5.32 Å². The molecule has 0 saturated carbocycles. The molecule has 8 nitrogen and oxygen atoms in total. The third-order valence-electron chi connectivity index (χ3n) is 3.15. The van der Waals surface area contributed by atoms with Gasteiger partial charge in [-0.1, -0.05) is 0 Å². The maximum absolute atomic E-state index is 12.4. The van der Waals surface area contributed by atoms with Crippen molar-refractivity contribution in [1.29, 1.82) is 0 Å². The van der Waals surface area contributed by atoms with Crippen LogP contribution in [0.25, 0.3) is 0 Å². The van der Waals surface area contributed by atoms with Crippen LogP contribution in [0, 0.1) is 6.92 Å². The number of aliphatic carboxylic acids is 1. The molecule has 1 atom stereocenters.